The molecule has 0 unspecified atom stereocenters. The monoisotopic (exact) mass is 549 g/mol. The van der Waals surface area contributed by atoms with Crippen molar-refractivity contribution in [1.82, 2.24) is 0 Å². The van der Waals surface area contributed by atoms with E-state index >= 15 is 0 Å². The van der Waals surface area contributed by atoms with E-state index in [1.165, 1.54) is 36.4 Å². The minimum absolute atomic E-state index is 0.111. The van der Waals surface area contributed by atoms with Crippen LogP contribution in [0.2, 0.25) is 0 Å². The van der Waals surface area contributed by atoms with Crippen molar-refractivity contribution in [2.24, 2.45) is 0 Å². The molecule has 0 saturated heterocycles. The maximum atomic E-state index is 12.5. The van der Waals surface area contributed by atoms with E-state index in [4.69, 9.17) is 4.74 Å². The van der Waals surface area contributed by atoms with E-state index in [2.05, 4.69) is 20.7 Å². The van der Waals surface area contributed by atoms with Gasteiger partial charge in [0.1, 0.15) is 0 Å². The highest BCUT2D eigenvalue weighted by Gasteiger charge is 2.16. The van der Waals surface area contributed by atoms with Gasteiger partial charge < -0.3 is 4.74 Å². The summed E-state index contributed by atoms with van der Waals surface area (Å²) in [6.45, 7) is -0.401. The third kappa shape index (κ3) is 6.23. The molecule has 176 valence electrons. The molecule has 0 aliphatic heterocycles. The summed E-state index contributed by atoms with van der Waals surface area (Å²) in [5.41, 5.74) is 2.95. The highest BCUT2D eigenvalue weighted by molar-refractivity contribution is 9.10. The van der Waals surface area contributed by atoms with Gasteiger partial charge in [-0.3, -0.25) is 9.52 Å². The van der Waals surface area contributed by atoms with Gasteiger partial charge in [-0.2, -0.15) is 0 Å². The maximum Gasteiger partial charge on any atom is 0.338 e. The molecule has 0 bridgehead atoms. The molecule has 0 heterocycles. The topological polar surface area (TPSA) is 89.5 Å². The van der Waals surface area contributed by atoms with Crippen LogP contribution in [-0.4, -0.2) is 26.8 Å². The predicted molar refractivity (Wildman–Crippen MR) is 138 cm³/mol. The number of sulfonamides is 1. The summed E-state index contributed by atoms with van der Waals surface area (Å²) < 4.78 is 33.4. The fraction of sp³-hybridized carbons (Fsp3) is 0.0370. The minimum Gasteiger partial charge on any atom is -0.454 e. The molecule has 0 atom stereocenters. The summed E-state index contributed by atoms with van der Waals surface area (Å²) in [7, 11) is -3.77. The fourth-order valence-corrected chi connectivity index (χ4v) is 4.60. The van der Waals surface area contributed by atoms with E-state index in [9.17, 15) is 18.0 Å². The van der Waals surface area contributed by atoms with Crippen LogP contribution >= 0.6 is 15.9 Å². The number of anilines is 1. The van der Waals surface area contributed by atoms with Crippen LogP contribution in [0.15, 0.2) is 112 Å². The summed E-state index contributed by atoms with van der Waals surface area (Å²) in [5.74, 6) is -1.00. The lowest BCUT2D eigenvalue weighted by molar-refractivity contribution is 0.0475. The number of esters is 1. The van der Waals surface area contributed by atoms with Gasteiger partial charge in [-0.25, -0.2) is 13.2 Å². The second kappa shape index (κ2) is 10.7. The van der Waals surface area contributed by atoms with Crippen LogP contribution in [0, 0.1) is 0 Å². The minimum atomic E-state index is -3.77. The molecular formula is C27H20BrNO5S. The van der Waals surface area contributed by atoms with Crippen LogP contribution < -0.4 is 4.72 Å². The smallest absolute Gasteiger partial charge is 0.338 e. The molecule has 4 rings (SSSR count). The first-order valence-corrected chi connectivity index (χ1v) is 12.8. The van der Waals surface area contributed by atoms with Crippen LogP contribution in [0.5, 0.6) is 0 Å². The number of carbonyl (C=O) groups is 2. The highest BCUT2D eigenvalue weighted by atomic mass is 79.9. The molecule has 8 heteroatoms. The first kappa shape index (κ1) is 24.4. The van der Waals surface area contributed by atoms with Gasteiger partial charge >= 0.3 is 5.97 Å². The van der Waals surface area contributed by atoms with Crippen LogP contribution in [0.4, 0.5) is 5.69 Å². The van der Waals surface area contributed by atoms with Gasteiger partial charge in [0.25, 0.3) is 10.0 Å². The van der Waals surface area contributed by atoms with E-state index in [0.717, 1.165) is 15.6 Å². The van der Waals surface area contributed by atoms with Crippen molar-refractivity contribution < 1.29 is 22.7 Å². The molecule has 0 radical (unpaired) electrons. The zero-order valence-electron chi connectivity index (χ0n) is 18.3. The molecule has 4 aromatic rings. The normalized spacial score (nSPS) is 11.0. The number of nitrogens with one attached hydrogen (secondary N) is 1. The van der Waals surface area contributed by atoms with Gasteiger partial charge in [-0.15, -0.1) is 0 Å². The Morgan fingerprint density at radius 3 is 1.91 bits per heavy atom. The Morgan fingerprint density at radius 1 is 0.714 bits per heavy atom. The molecule has 0 aliphatic carbocycles. The molecule has 0 aliphatic rings. The molecule has 6 nitrogen and oxygen atoms in total. The van der Waals surface area contributed by atoms with Crippen LogP contribution in [-0.2, 0) is 14.8 Å². The van der Waals surface area contributed by atoms with E-state index in [0.29, 0.717) is 11.3 Å². The van der Waals surface area contributed by atoms with Gasteiger partial charge in [0.05, 0.1) is 10.5 Å². The standard InChI is InChI=1S/C27H20BrNO5S/c28-23-12-16-25(17-13-23)35(32,33)29-24-14-10-22(11-15-24)27(31)34-18-26(30)21-8-6-20(7-9-21)19-4-2-1-3-5-19/h1-17,29H,18H2. The lowest BCUT2D eigenvalue weighted by atomic mass is 10.0. The van der Waals surface area contributed by atoms with Crippen molar-refractivity contribution >= 4 is 43.4 Å². The summed E-state index contributed by atoms with van der Waals surface area (Å²) >= 11 is 3.27. The molecule has 1 N–H and O–H groups in total. The van der Waals surface area contributed by atoms with Crippen molar-refractivity contribution in [3.05, 3.63) is 119 Å². The average molecular weight is 550 g/mol. The third-order valence-electron chi connectivity index (χ3n) is 5.15. The number of benzene rings is 4. The Bertz CT molecular complexity index is 1430. The number of hydrogen-bond acceptors (Lipinski definition) is 5. The Labute approximate surface area is 211 Å². The SMILES string of the molecule is O=C(COC(=O)c1ccc(NS(=O)(=O)c2ccc(Br)cc2)cc1)c1ccc(-c2ccccc2)cc1. The predicted octanol–water partition coefficient (Wildman–Crippen LogP) is 5.96. The first-order chi connectivity index (χ1) is 16.8. The van der Waals surface area contributed by atoms with E-state index < -0.39 is 22.6 Å². The van der Waals surface area contributed by atoms with Gasteiger partial charge in [0.15, 0.2) is 12.4 Å². The second-order valence-electron chi connectivity index (χ2n) is 7.58. The summed E-state index contributed by atoms with van der Waals surface area (Å²) in [6.07, 6.45) is 0. The zero-order valence-corrected chi connectivity index (χ0v) is 20.8. The average Bonchev–Trinajstić information content (AvgIpc) is 2.88. The largest absolute Gasteiger partial charge is 0.454 e. The van der Waals surface area contributed by atoms with Crippen molar-refractivity contribution in [3.8, 4) is 11.1 Å². The molecule has 0 amide bonds. The molecule has 0 spiro atoms. The maximum absolute atomic E-state index is 12.5. The first-order valence-electron chi connectivity index (χ1n) is 10.6. The summed E-state index contributed by atoms with van der Waals surface area (Å²) in [4.78, 5) is 24.9. The van der Waals surface area contributed by atoms with Gasteiger partial charge in [-0.05, 0) is 59.7 Å². The van der Waals surface area contributed by atoms with Gasteiger partial charge in [-0.1, -0.05) is 70.5 Å². The molecular weight excluding hydrogens is 530 g/mol. The second-order valence-corrected chi connectivity index (χ2v) is 10.2. The molecule has 0 aromatic heterocycles. The third-order valence-corrected chi connectivity index (χ3v) is 7.07. The molecule has 4 aromatic carbocycles. The number of carbonyl (C=O) groups excluding carboxylic acids is 2. The van der Waals surface area contributed by atoms with Gasteiger partial charge in [0.2, 0.25) is 0 Å². The summed E-state index contributed by atoms with van der Waals surface area (Å²) in [6, 6.07) is 28.9. The van der Waals surface area contributed by atoms with Crippen LogP contribution in [0.3, 0.4) is 0 Å². The Morgan fingerprint density at radius 2 is 1.29 bits per heavy atom. The van der Waals surface area contributed by atoms with Crippen molar-refractivity contribution in [3.63, 3.8) is 0 Å². The number of rotatable bonds is 8. The number of hydrogen-bond donors (Lipinski definition) is 1. The number of Topliss-reactive ketones (excluding diaryl/α,β-unsaturated/α-hetero) is 1. The van der Waals surface area contributed by atoms with Crippen LogP contribution in [0.25, 0.3) is 11.1 Å². The Balaban J connectivity index is 1.33. The number of ether oxygens (including phenoxy) is 1. The Hall–Kier alpha value is -3.75. The van der Waals surface area contributed by atoms with E-state index in [-0.39, 0.29) is 16.2 Å². The van der Waals surface area contributed by atoms with Crippen molar-refractivity contribution in [2.75, 3.05) is 11.3 Å². The molecule has 35 heavy (non-hydrogen) atoms. The van der Waals surface area contributed by atoms with Crippen molar-refractivity contribution in [2.45, 2.75) is 4.90 Å². The van der Waals surface area contributed by atoms with E-state index in [1.54, 1.807) is 24.3 Å². The molecule has 0 fully saturated rings. The quantitative estimate of drug-likeness (QED) is 0.216. The van der Waals surface area contributed by atoms with Gasteiger partial charge in [0, 0.05) is 15.7 Å². The molecule has 0 saturated carbocycles. The highest BCUT2D eigenvalue weighted by Crippen LogP contribution is 2.21. The number of ketones is 1. The number of halogens is 1. The zero-order chi connectivity index (χ0) is 24.8. The Kier molecular flexibility index (Phi) is 7.43. The summed E-state index contributed by atoms with van der Waals surface area (Å²) in [5, 5.41) is 0. The lowest BCUT2D eigenvalue weighted by Gasteiger charge is -2.09. The fourth-order valence-electron chi connectivity index (χ4n) is 3.28. The lowest BCUT2D eigenvalue weighted by Crippen LogP contribution is -2.15. The van der Waals surface area contributed by atoms with Crippen molar-refractivity contribution in [1.29, 1.82) is 0 Å². The van der Waals surface area contributed by atoms with Crippen LogP contribution in [0.1, 0.15) is 20.7 Å². The van der Waals surface area contributed by atoms with E-state index in [1.807, 2.05) is 42.5 Å².